The maximum atomic E-state index is 6.67. The molecule has 0 amide bonds. The van der Waals surface area contributed by atoms with E-state index in [1.165, 1.54) is 49.7 Å². The Hall–Kier alpha value is -7.16. The van der Waals surface area contributed by atoms with Gasteiger partial charge in [0.15, 0.2) is 5.58 Å². The minimum Gasteiger partial charge on any atom is -0.454 e. The smallest absolute Gasteiger partial charge is 0.159 e. The predicted molar refractivity (Wildman–Crippen MR) is 228 cm³/mol. The van der Waals surface area contributed by atoms with Gasteiger partial charge in [-0.3, -0.25) is 0 Å². The van der Waals surface area contributed by atoms with Crippen molar-refractivity contribution in [3.63, 3.8) is 0 Å². The lowest BCUT2D eigenvalue weighted by atomic mass is 9.89. The molecule has 0 saturated heterocycles. The Morgan fingerprint density at radius 2 is 0.889 bits per heavy atom. The fraction of sp³-hybridized carbons (Fsp3) is 0. The van der Waals surface area contributed by atoms with Gasteiger partial charge in [0.25, 0.3) is 0 Å². The van der Waals surface area contributed by atoms with E-state index in [4.69, 9.17) is 4.42 Å². The van der Waals surface area contributed by atoms with Crippen molar-refractivity contribution in [3.05, 3.63) is 212 Å². The van der Waals surface area contributed by atoms with Crippen LogP contribution in [-0.4, -0.2) is 0 Å². The molecule has 0 unspecified atom stereocenters. The van der Waals surface area contributed by atoms with Crippen LogP contribution in [0.3, 0.4) is 0 Å². The number of fused-ring (bicyclic) bond motifs is 4. The van der Waals surface area contributed by atoms with Gasteiger partial charge in [0.2, 0.25) is 0 Å². The summed E-state index contributed by atoms with van der Waals surface area (Å²) >= 11 is 0. The van der Waals surface area contributed by atoms with Crippen LogP contribution in [0.15, 0.2) is 217 Å². The summed E-state index contributed by atoms with van der Waals surface area (Å²) in [5.41, 5.74) is 14.3. The van der Waals surface area contributed by atoms with Gasteiger partial charge in [-0.25, -0.2) is 0 Å². The predicted octanol–water partition coefficient (Wildman–Crippen LogP) is 14.9. The number of anilines is 3. The highest BCUT2D eigenvalue weighted by Gasteiger charge is 2.21. The summed E-state index contributed by atoms with van der Waals surface area (Å²) < 4.78 is 6.67. The fourth-order valence-corrected chi connectivity index (χ4v) is 7.95. The van der Waals surface area contributed by atoms with Crippen molar-refractivity contribution in [1.82, 2.24) is 0 Å². The first-order valence-corrected chi connectivity index (χ1v) is 18.4. The van der Waals surface area contributed by atoms with Crippen LogP contribution >= 0.6 is 0 Å². The first-order chi connectivity index (χ1) is 26.8. The number of rotatable bonds is 7. The number of para-hydroxylation sites is 2. The summed E-state index contributed by atoms with van der Waals surface area (Å²) in [6.45, 7) is 0. The van der Waals surface area contributed by atoms with Crippen LogP contribution < -0.4 is 4.90 Å². The quantitative estimate of drug-likeness (QED) is 0.166. The van der Waals surface area contributed by atoms with Crippen molar-refractivity contribution >= 4 is 49.8 Å². The fourth-order valence-electron chi connectivity index (χ4n) is 7.95. The van der Waals surface area contributed by atoms with Gasteiger partial charge in [0, 0.05) is 22.1 Å². The highest BCUT2D eigenvalue weighted by molar-refractivity contribution is 6.10. The first kappa shape index (κ1) is 31.6. The van der Waals surface area contributed by atoms with E-state index in [-0.39, 0.29) is 0 Å². The molecular formula is C52H35NO. The van der Waals surface area contributed by atoms with Gasteiger partial charge in [0.1, 0.15) is 5.58 Å². The van der Waals surface area contributed by atoms with Gasteiger partial charge >= 0.3 is 0 Å². The third-order valence-corrected chi connectivity index (χ3v) is 10.5. The molecule has 0 N–H and O–H groups in total. The Morgan fingerprint density at radius 3 is 1.63 bits per heavy atom. The molecule has 54 heavy (non-hydrogen) atoms. The zero-order valence-corrected chi connectivity index (χ0v) is 29.6. The Labute approximate surface area is 314 Å². The van der Waals surface area contributed by atoms with Crippen LogP contribution in [0.4, 0.5) is 17.1 Å². The van der Waals surface area contributed by atoms with E-state index in [1.807, 2.05) is 12.1 Å². The average Bonchev–Trinajstić information content (AvgIpc) is 3.64. The molecule has 2 heteroatoms. The molecule has 10 aromatic rings. The second kappa shape index (κ2) is 13.4. The number of benzene rings is 9. The van der Waals surface area contributed by atoms with Crippen molar-refractivity contribution < 1.29 is 4.42 Å². The van der Waals surface area contributed by atoms with E-state index in [0.29, 0.717) is 0 Å². The van der Waals surface area contributed by atoms with Gasteiger partial charge in [0.05, 0.1) is 5.69 Å². The molecule has 1 aromatic heterocycles. The normalized spacial score (nSPS) is 11.3. The van der Waals surface area contributed by atoms with E-state index < -0.39 is 0 Å². The largest absolute Gasteiger partial charge is 0.454 e. The molecule has 0 fully saturated rings. The van der Waals surface area contributed by atoms with Gasteiger partial charge in [-0.2, -0.15) is 0 Å². The molecule has 0 aliphatic carbocycles. The minimum atomic E-state index is 0.858. The first-order valence-electron chi connectivity index (χ1n) is 18.4. The van der Waals surface area contributed by atoms with Crippen LogP contribution in [-0.2, 0) is 0 Å². The van der Waals surface area contributed by atoms with E-state index in [2.05, 4.69) is 205 Å². The van der Waals surface area contributed by atoms with Crippen LogP contribution in [0.25, 0.3) is 77.2 Å². The molecule has 0 saturated carbocycles. The second-order valence-electron chi connectivity index (χ2n) is 13.7. The van der Waals surface area contributed by atoms with E-state index in [9.17, 15) is 0 Å². The van der Waals surface area contributed by atoms with Crippen molar-refractivity contribution in [2.45, 2.75) is 0 Å². The van der Waals surface area contributed by atoms with E-state index >= 15 is 0 Å². The molecule has 0 aliphatic heterocycles. The van der Waals surface area contributed by atoms with E-state index in [1.54, 1.807) is 0 Å². The Bertz CT molecular complexity index is 2910. The van der Waals surface area contributed by atoms with Crippen LogP contribution in [0.2, 0.25) is 0 Å². The van der Waals surface area contributed by atoms with Gasteiger partial charge in [-0.05, 0) is 91.7 Å². The molecule has 0 radical (unpaired) electrons. The molecule has 10 rings (SSSR count). The van der Waals surface area contributed by atoms with Crippen molar-refractivity contribution in [1.29, 1.82) is 0 Å². The topological polar surface area (TPSA) is 16.4 Å². The summed E-state index contributed by atoms with van der Waals surface area (Å²) in [6, 6.07) is 75.8. The van der Waals surface area contributed by atoms with Crippen LogP contribution in [0.1, 0.15) is 0 Å². The molecule has 0 atom stereocenters. The van der Waals surface area contributed by atoms with Crippen molar-refractivity contribution in [3.8, 4) is 44.5 Å². The molecule has 254 valence electrons. The Kier molecular flexibility index (Phi) is 7.85. The van der Waals surface area contributed by atoms with Crippen LogP contribution in [0, 0.1) is 0 Å². The maximum Gasteiger partial charge on any atom is 0.159 e. The standard InChI is InChI=1S/C52H35NO/c1-4-15-36(16-5-1)43-34-32-42(35-48(43)37-17-6-2-7-18-37)53(49-25-14-24-47-46-23-12-13-26-50(46)54-52(47)49)41-30-27-39(28-31-41)45-33-29-38-19-10-11-22-44(38)51(45)40-20-8-3-9-21-40/h1-35H. The van der Waals surface area contributed by atoms with Gasteiger partial charge in [-0.15, -0.1) is 0 Å². The number of furan rings is 1. The molecule has 0 aliphatic rings. The summed E-state index contributed by atoms with van der Waals surface area (Å²) in [4.78, 5) is 2.34. The number of hydrogen-bond acceptors (Lipinski definition) is 2. The molecule has 1 heterocycles. The lowest BCUT2D eigenvalue weighted by Gasteiger charge is -2.27. The van der Waals surface area contributed by atoms with Crippen molar-refractivity contribution in [2.24, 2.45) is 0 Å². The highest BCUT2D eigenvalue weighted by atomic mass is 16.3. The lowest BCUT2D eigenvalue weighted by molar-refractivity contribution is 0.669. The van der Waals surface area contributed by atoms with E-state index in [0.717, 1.165) is 44.6 Å². The minimum absolute atomic E-state index is 0.858. The average molecular weight is 690 g/mol. The molecular weight excluding hydrogens is 655 g/mol. The molecule has 2 nitrogen and oxygen atoms in total. The van der Waals surface area contributed by atoms with Gasteiger partial charge < -0.3 is 9.32 Å². The Morgan fingerprint density at radius 1 is 0.333 bits per heavy atom. The van der Waals surface area contributed by atoms with Gasteiger partial charge in [-0.1, -0.05) is 176 Å². The monoisotopic (exact) mass is 689 g/mol. The molecule has 9 aromatic carbocycles. The Balaban J connectivity index is 1.18. The zero-order chi connectivity index (χ0) is 35.8. The van der Waals surface area contributed by atoms with Crippen molar-refractivity contribution in [2.75, 3.05) is 4.90 Å². The SMILES string of the molecule is c1ccc(-c2ccc(N(c3ccc(-c4ccc5ccccc5c4-c4ccccc4)cc3)c3cccc4c3oc3ccccc34)cc2-c2ccccc2)cc1. The molecule has 0 bridgehead atoms. The summed E-state index contributed by atoms with van der Waals surface area (Å²) in [7, 11) is 0. The summed E-state index contributed by atoms with van der Waals surface area (Å²) in [5.74, 6) is 0. The lowest BCUT2D eigenvalue weighted by Crippen LogP contribution is -2.10. The number of hydrogen-bond donors (Lipinski definition) is 0. The zero-order valence-electron chi connectivity index (χ0n) is 29.6. The third-order valence-electron chi connectivity index (χ3n) is 10.5. The maximum absolute atomic E-state index is 6.67. The highest BCUT2D eigenvalue weighted by Crippen LogP contribution is 2.46. The third kappa shape index (κ3) is 5.53. The number of nitrogens with zero attached hydrogens (tertiary/aromatic N) is 1. The second-order valence-corrected chi connectivity index (χ2v) is 13.7. The molecule has 0 spiro atoms. The summed E-state index contributed by atoms with van der Waals surface area (Å²) in [5, 5.41) is 4.68. The van der Waals surface area contributed by atoms with Crippen LogP contribution in [0.5, 0.6) is 0 Å². The summed E-state index contributed by atoms with van der Waals surface area (Å²) in [6.07, 6.45) is 0.